The van der Waals surface area contributed by atoms with Crippen LogP contribution in [0.1, 0.15) is 5.69 Å². The number of benzene rings is 1. The quantitative estimate of drug-likeness (QED) is 0.145. The van der Waals surface area contributed by atoms with Crippen molar-refractivity contribution in [3.05, 3.63) is 42.1 Å². The van der Waals surface area contributed by atoms with Crippen molar-refractivity contribution in [2.24, 2.45) is 0 Å². The summed E-state index contributed by atoms with van der Waals surface area (Å²) in [6, 6.07) is 12.6. The molecule has 11 nitrogen and oxygen atoms in total. The van der Waals surface area contributed by atoms with Crippen LogP contribution in [0.25, 0.3) is 10.9 Å². The first-order valence-corrected chi connectivity index (χ1v) is 19.4. The molecule has 0 amide bonds. The van der Waals surface area contributed by atoms with Gasteiger partial charge in [-0.3, -0.25) is 24.6 Å². The number of aromatic nitrogens is 1. The Hall–Kier alpha value is 3.42. The van der Waals surface area contributed by atoms with Gasteiger partial charge in [-0.15, -0.1) is 17.5 Å². The molecule has 1 aromatic heterocycles. The van der Waals surface area contributed by atoms with E-state index in [1.807, 2.05) is 40.1 Å². The monoisotopic (exact) mass is 752 g/mol. The minimum absolute atomic E-state index is 0. The van der Waals surface area contributed by atoms with Gasteiger partial charge in [0.1, 0.15) is 0 Å². The minimum Gasteiger partial charge on any atom is -0.799 e. The summed E-state index contributed by atoms with van der Waals surface area (Å²) in [5.41, 5.74) is 1.73. The molecule has 1 fully saturated rings. The van der Waals surface area contributed by atoms with Crippen LogP contribution in [0.2, 0.25) is 0 Å². The maximum Gasteiger partial charge on any atom is 1.00 e. The van der Waals surface area contributed by atoms with Crippen molar-refractivity contribution in [3.63, 3.8) is 0 Å². The molecule has 2 aromatic rings. The predicted octanol–water partition coefficient (Wildman–Crippen LogP) is -5.56. The van der Waals surface area contributed by atoms with Gasteiger partial charge in [0.25, 0.3) is 0 Å². The fourth-order valence-corrected chi connectivity index (χ4v) is 7.64. The summed E-state index contributed by atoms with van der Waals surface area (Å²) in [7, 11) is -10.8. The molecule has 3 rings (SSSR count). The van der Waals surface area contributed by atoms with Gasteiger partial charge in [-0.1, -0.05) is 6.07 Å². The molecule has 17 heteroatoms. The van der Waals surface area contributed by atoms with Gasteiger partial charge < -0.3 is 28.4 Å². The molecule has 3 atom stereocenters. The summed E-state index contributed by atoms with van der Waals surface area (Å²) in [6.45, 7) is 7.65. The van der Waals surface area contributed by atoms with Crippen LogP contribution in [0.5, 0.6) is 0 Å². The largest absolute Gasteiger partial charge is 1.00 e. The van der Waals surface area contributed by atoms with Crippen molar-refractivity contribution in [2.45, 2.75) is 6.54 Å². The number of hydrogen-bond acceptors (Lipinski definition) is 11. The van der Waals surface area contributed by atoms with Crippen molar-refractivity contribution >= 4 is 33.0 Å². The second-order valence-corrected chi connectivity index (χ2v) is 17.5. The van der Waals surface area contributed by atoms with E-state index in [-0.39, 0.29) is 154 Å². The molecule has 41 heavy (non-hydrogen) atoms. The van der Waals surface area contributed by atoms with Gasteiger partial charge in [-0.25, -0.2) is 0 Å². The Morgan fingerprint density at radius 1 is 0.707 bits per heavy atom. The van der Waals surface area contributed by atoms with Crippen LogP contribution in [0, 0.1) is 6.07 Å². The average Bonchev–Trinajstić information content (AvgIpc) is 2.78. The van der Waals surface area contributed by atoms with Crippen LogP contribution in [-0.2, 0) is 52.9 Å². The first-order chi connectivity index (χ1) is 17.7. The average molecular weight is 753 g/mol. The van der Waals surface area contributed by atoms with E-state index in [4.69, 9.17) is 4.98 Å². The third-order valence-corrected chi connectivity index (χ3v) is 9.02. The van der Waals surface area contributed by atoms with Crippen LogP contribution < -0.4 is 117 Å². The topological polar surface area (TPSA) is 146 Å². The van der Waals surface area contributed by atoms with E-state index < -0.39 is 22.1 Å². The molecular weight excluding hydrogens is 714 g/mol. The maximum absolute atomic E-state index is 12.1. The Balaban J connectivity index is 0.00000533. The van der Waals surface area contributed by atoms with E-state index in [9.17, 15) is 28.4 Å². The SMILES string of the molecule is CP(=O)([O-])CN1CCN(Cc2ccc3c[c-]ccc3n2)CCN(CP(C)(=O)[O-])CCN(CP(C)(=O)[O-])CC1.[K+].[K+].[Y]. The number of rotatable bonds is 8. The molecule has 0 N–H and O–H groups in total. The first-order valence-electron chi connectivity index (χ1n) is 12.6. The molecule has 3 unspecified atom stereocenters. The van der Waals surface area contributed by atoms with Crippen LogP contribution >= 0.6 is 22.1 Å². The summed E-state index contributed by atoms with van der Waals surface area (Å²) in [4.78, 5) is 48.7. The summed E-state index contributed by atoms with van der Waals surface area (Å²) in [5.74, 6) is 0. The van der Waals surface area contributed by atoms with E-state index in [0.29, 0.717) is 58.9 Å². The predicted molar refractivity (Wildman–Crippen MR) is 146 cm³/mol. The van der Waals surface area contributed by atoms with Gasteiger partial charge in [-0.2, -0.15) is 18.2 Å². The van der Waals surface area contributed by atoms with E-state index in [2.05, 4.69) is 11.0 Å². The van der Waals surface area contributed by atoms with Gasteiger partial charge in [0.15, 0.2) is 0 Å². The molecule has 1 radical (unpaired) electrons. The van der Waals surface area contributed by atoms with Crippen molar-refractivity contribution in [1.29, 1.82) is 0 Å². The van der Waals surface area contributed by atoms with E-state index in [0.717, 1.165) is 16.6 Å². The molecule has 0 aliphatic carbocycles. The number of fused-ring (bicyclic) bond motifs is 1. The van der Waals surface area contributed by atoms with E-state index in [1.54, 1.807) is 4.90 Å². The molecule has 1 aromatic carbocycles. The van der Waals surface area contributed by atoms with Crippen LogP contribution in [-0.4, -0.2) is 116 Å². The normalized spacial score (nSPS) is 21.4. The second kappa shape index (κ2) is 20.7. The molecule has 1 aliphatic rings. The third-order valence-electron chi connectivity index (χ3n) is 6.28. The Labute approximate surface area is 355 Å². The summed E-state index contributed by atoms with van der Waals surface area (Å²) >= 11 is 0. The van der Waals surface area contributed by atoms with Crippen LogP contribution in [0.4, 0.5) is 0 Å². The second-order valence-electron chi connectivity index (χ2n) is 10.5. The molecule has 2 heterocycles. The maximum atomic E-state index is 12.1. The fourth-order valence-electron chi connectivity index (χ4n) is 4.62. The molecule has 1 saturated heterocycles. The Bertz CT molecular complexity index is 1180. The van der Waals surface area contributed by atoms with Gasteiger partial charge in [0, 0.05) is 133 Å². The van der Waals surface area contributed by atoms with Gasteiger partial charge in [-0.05, 0) is 25.5 Å². The Kier molecular flexibility index (Phi) is 22.4. The van der Waals surface area contributed by atoms with Crippen molar-refractivity contribution in [1.82, 2.24) is 24.6 Å². The third kappa shape index (κ3) is 19.1. The van der Waals surface area contributed by atoms with Crippen molar-refractivity contribution in [3.8, 4) is 0 Å². The standard InChI is InChI=1S/C24H41N5O6P3.2K.Y/c1-36(30,31)19-27-12-10-26(18-23-9-8-22-6-4-5-7-24(22)25-23)11-13-28(20-37(2,32)33)15-17-29(16-14-27)21-38(3,34)35;;;/h5-9H,10-21H2,1-3H3,(H,30,31)(H,32,33)(H,34,35);;;/q-1;2*+1;/p-3. The zero-order chi connectivity index (χ0) is 28.0. The first kappa shape index (κ1) is 44.4. The zero-order valence-corrected chi connectivity index (χ0v) is 36.7. The van der Waals surface area contributed by atoms with Crippen molar-refractivity contribution < 1.29 is 164 Å². The summed E-state index contributed by atoms with van der Waals surface area (Å²) in [5, 5.41) is 0.991. The van der Waals surface area contributed by atoms with Gasteiger partial charge >= 0.3 is 103 Å². The smallest absolute Gasteiger partial charge is 0.799 e. The fraction of sp³-hybridized carbons (Fsp3) is 0.625. The van der Waals surface area contributed by atoms with Crippen molar-refractivity contribution in [2.75, 3.05) is 91.2 Å². The molecule has 0 bridgehead atoms. The number of hydrogen-bond donors (Lipinski definition) is 0. The van der Waals surface area contributed by atoms with Gasteiger partial charge in [0.2, 0.25) is 0 Å². The number of pyridine rings is 1. The minimum atomic E-state index is -3.61. The zero-order valence-electron chi connectivity index (χ0n) is 25.0. The Morgan fingerprint density at radius 3 is 1.49 bits per heavy atom. The molecular formula is C24H38K2N5O6P3Y-2. The molecule has 1 aliphatic heterocycles. The Morgan fingerprint density at radius 2 is 1.10 bits per heavy atom. The molecule has 217 valence electrons. The van der Waals surface area contributed by atoms with Crippen LogP contribution in [0.3, 0.4) is 0 Å². The molecule has 0 saturated carbocycles. The number of nitrogens with zero attached hydrogens (tertiary/aromatic N) is 5. The van der Waals surface area contributed by atoms with Gasteiger partial charge in [0.05, 0.1) is 5.69 Å². The summed E-state index contributed by atoms with van der Waals surface area (Å²) in [6.07, 6.45) is -0.335. The van der Waals surface area contributed by atoms with Crippen LogP contribution in [0.15, 0.2) is 30.3 Å². The molecule has 0 spiro atoms. The van der Waals surface area contributed by atoms with E-state index >= 15 is 0 Å². The summed E-state index contributed by atoms with van der Waals surface area (Å²) < 4.78 is 36.3. The van der Waals surface area contributed by atoms with E-state index in [1.165, 1.54) is 20.0 Å².